The summed E-state index contributed by atoms with van der Waals surface area (Å²) in [5.41, 5.74) is 2.97. The molecule has 0 spiro atoms. The van der Waals surface area contributed by atoms with Gasteiger partial charge in [0, 0.05) is 24.4 Å². The molecule has 1 atom stereocenters. The van der Waals surface area contributed by atoms with Gasteiger partial charge in [0.05, 0.1) is 25.3 Å². The van der Waals surface area contributed by atoms with Gasteiger partial charge in [-0.3, -0.25) is 9.59 Å². The van der Waals surface area contributed by atoms with Gasteiger partial charge >= 0.3 is 5.97 Å². The quantitative estimate of drug-likeness (QED) is 0.550. The number of thiophene rings is 1. The summed E-state index contributed by atoms with van der Waals surface area (Å²) < 4.78 is 10.7. The molecule has 1 aliphatic rings. The molecule has 1 aromatic carbocycles. The molecular formula is C24H24N2O5S. The van der Waals surface area contributed by atoms with E-state index in [0.29, 0.717) is 22.9 Å². The van der Waals surface area contributed by atoms with Crippen molar-refractivity contribution in [2.24, 2.45) is 0 Å². The van der Waals surface area contributed by atoms with Crippen molar-refractivity contribution in [3.63, 3.8) is 0 Å². The maximum Gasteiger partial charge on any atom is 0.341 e. The van der Waals surface area contributed by atoms with Gasteiger partial charge in [-0.25, -0.2) is 4.79 Å². The van der Waals surface area contributed by atoms with Gasteiger partial charge in [0.1, 0.15) is 16.3 Å². The van der Waals surface area contributed by atoms with Gasteiger partial charge in [0.2, 0.25) is 11.8 Å². The van der Waals surface area contributed by atoms with E-state index in [1.54, 1.807) is 29.3 Å². The number of amides is 2. The van der Waals surface area contributed by atoms with Crippen LogP contribution in [0.25, 0.3) is 11.3 Å². The molecule has 7 nitrogen and oxygen atoms in total. The number of benzene rings is 1. The summed E-state index contributed by atoms with van der Waals surface area (Å²) >= 11 is 1.24. The van der Waals surface area contributed by atoms with Crippen molar-refractivity contribution in [3.05, 3.63) is 64.7 Å². The number of esters is 1. The van der Waals surface area contributed by atoms with Gasteiger partial charge in [0.15, 0.2) is 0 Å². The predicted molar refractivity (Wildman–Crippen MR) is 121 cm³/mol. The second kappa shape index (κ2) is 9.40. The van der Waals surface area contributed by atoms with Crippen LogP contribution in [0.2, 0.25) is 0 Å². The van der Waals surface area contributed by atoms with Crippen LogP contribution in [0.5, 0.6) is 0 Å². The summed E-state index contributed by atoms with van der Waals surface area (Å²) in [5, 5.41) is 5.03. The fraction of sp³-hybridized carbons (Fsp3) is 0.292. The average molecular weight is 453 g/mol. The Morgan fingerprint density at radius 3 is 2.75 bits per heavy atom. The third-order valence-corrected chi connectivity index (χ3v) is 6.40. The highest BCUT2D eigenvalue weighted by atomic mass is 32.1. The van der Waals surface area contributed by atoms with Crippen molar-refractivity contribution in [2.45, 2.75) is 32.7 Å². The largest absolute Gasteiger partial charge is 0.464 e. The highest BCUT2D eigenvalue weighted by Crippen LogP contribution is 2.37. The zero-order chi connectivity index (χ0) is 22.7. The molecule has 8 heteroatoms. The van der Waals surface area contributed by atoms with Crippen LogP contribution >= 0.6 is 11.3 Å². The van der Waals surface area contributed by atoms with Crippen LogP contribution in [-0.4, -0.2) is 35.8 Å². The monoisotopic (exact) mass is 452 g/mol. The van der Waals surface area contributed by atoms with Crippen LogP contribution in [0.15, 0.2) is 52.5 Å². The first kappa shape index (κ1) is 21.8. The normalized spacial score (nSPS) is 15.2. The number of hydrogen-bond acceptors (Lipinski definition) is 6. The number of ether oxygens (including phenoxy) is 1. The highest BCUT2D eigenvalue weighted by molar-refractivity contribution is 7.15. The van der Waals surface area contributed by atoms with Crippen molar-refractivity contribution in [1.82, 2.24) is 4.90 Å². The lowest BCUT2D eigenvalue weighted by Gasteiger charge is -2.36. The van der Waals surface area contributed by atoms with E-state index in [4.69, 9.17) is 9.15 Å². The number of hydrogen-bond donors (Lipinski definition) is 1. The molecular weight excluding hydrogens is 428 g/mol. The Balaban J connectivity index is 1.60. The standard InChI is InChI=1S/C24H24N2O5S/c1-3-30-24(29)22-18(20-9-6-12-31-20)14-32-23(22)25-21(28)13-19-17-8-5-4-7-16(17)10-11-26(19)15(2)27/h4-9,12,14,19H,3,10-11,13H2,1-2H3,(H,25,28). The van der Waals surface area contributed by atoms with E-state index in [1.165, 1.54) is 24.5 Å². The van der Waals surface area contributed by atoms with Gasteiger partial charge in [-0.05, 0) is 36.6 Å². The van der Waals surface area contributed by atoms with Crippen LogP contribution in [0.4, 0.5) is 5.00 Å². The first-order valence-corrected chi connectivity index (χ1v) is 11.3. The summed E-state index contributed by atoms with van der Waals surface area (Å²) in [6, 6.07) is 11.0. The number of nitrogens with one attached hydrogen (secondary N) is 1. The molecule has 1 aliphatic heterocycles. The summed E-state index contributed by atoms with van der Waals surface area (Å²) in [6.07, 6.45) is 2.38. The predicted octanol–water partition coefficient (Wildman–Crippen LogP) is 4.66. The second-order valence-corrected chi connectivity index (χ2v) is 8.36. The van der Waals surface area contributed by atoms with E-state index in [-0.39, 0.29) is 36.4 Å². The Hall–Kier alpha value is -3.39. The van der Waals surface area contributed by atoms with E-state index in [9.17, 15) is 14.4 Å². The smallest absolute Gasteiger partial charge is 0.341 e. The molecule has 0 aliphatic carbocycles. The summed E-state index contributed by atoms with van der Waals surface area (Å²) in [6.45, 7) is 4.03. The molecule has 3 aromatic rings. The van der Waals surface area contributed by atoms with Crippen LogP contribution in [-0.2, 0) is 20.7 Å². The van der Waals surface area contributed by atoms with E-state index >= 15 is 0 Å². The van der Waals surface area contributed by atoms with Crippen molar-refractivity contribution in [1.29, 1.82) is 0 Å². The first-order valence-electron chi connectivity index (χ1n) is 10.5. The molecule has 166 valence electrons. The lowest BCUT2D eigenvalue weighted by atomic mass is 9.90. The van der Waals surface area contributed by atoms with Crippen molar-refractivity contribution < 1.29 is 23.5 Å². The number of anilines is 1. The fourth-order valence-electron chi connectivity index (χ4n) is 4.07. The number of nitrogens with zero attached hydrogens (tertiary/aromatic N) is 1. The molecule has 0 fully saturated rings. The van der Waals surface area contributed by atoms with Crippen LogP contribution in [0.1, 0.15) is 47.8 Å². The Kier molecular flexibility index (Phi) is 6.41. The van der Waals surface area contributed by atoms with Crippen molar-refractivity contribution in [3.8, 4) is 11.3 Å². The second-order valence-electron chi connectivity index (χ2n) is 7.48. The molecule has 1 N–H and O–H groups in total. The SMILES string of the molecule is CCOC(=O)c1c(-c2ccco2)csc1NC(=O)CC1c2ccccc2CCN1C(C)=O. The summed E-state index contributed by atoms with van der Waals surface area (Å²) in [4.78, 5) is 39.7. The molecule has 2 aromatic heterocycles. The number of carbonyl (C=O) groups is 3. The maximum atomic E-state index is 13.1. The first-order chi connectivity index (χ1) is 15.5. The number of carbonyl (C=O) groups excluding carboxylic acids is 3. The number of furan rings is 1. The fourth-order valence-corrected chi connectivity index (χ4v) is 5.02. The van der Waals surface area contributed by atoms with Gasteiger partial charge in [-0.2, -0.15) is 0 Å². The van der Waals surface area contributed by atoms with Crippen molar-refractivity contribution >= 4 is 34.1 Å². The average Bonchev–Trinajstić information content (AvgIpc) is 3.43. The van der Waals surface area contributed by atoms with E-state index in [0.717, 1.165) is 17.5 Å². The minimum atomic E-state index is -0.524. The van der Waals surface area contributed by atoms with Crippen LogP contribution < -0.4 is 5.32 Å². The third-order valence-electron chi connectivity index (χ3n) is 5.51. The number of fused-ring (bicyclic) bond motifs is 1. The molecule has 3 heterocycles. The minimum absolute atomic E-state index is 0.0688. The molecule has 0 saturated carbocycles. The van der Waals surface area contributed by atoms with Gasteiger partial charge in [-0.1, -0.05) is 24.3 Å². The van der Waals surface area contributed by atoms with Crippen LogP contribution in [0.3, 0.4) is 0 Å². The van der Waals surface area contributed by atoms with Gasteiger partial charge in [0.25, 0.3) is 0 Å². The van der Waals surface area contributed by atoms with Crippen molar-refractivity contribution in [2.75, 3.05) is 18.5 Å². The zero-order valence-electron chi connectivity index (χ0n) is 17.9. The maximum absolute atomic E-state index is 13.1. The zero-order valence-corrected chi connectivity index (χ0v) is 18.7. The molecule has 32 heavy (non-hydrogen) atoms. The lowest BCUT2D eigenvalue weighted by molar-refractivity contribution is -0.132. The van der Waals surface area contributed by atoms with E-state index in [2.05, 4.69) is 5.32 Å². The molecule has 0 bridgehead atoms. The third kappa shape index (κ3) is 4.31. The minimum Gasteiger partial charge on any atom is -0.464 e. The molecule has 1 unspecified atom stereocenters. The summed E-state index contributed by atoms with van der Waals surface area (Å²) in [7, 11) is 0. The van der Waals surface area contributed by atoms with Crippen LogP contribution in [0, 0.1) is 0 Å². The molecule has 4 rings (SSSR count). The Labute approximate surface area is 190 Å². The van der Waals surface area contributed by atoms with Gasteiger partial charge < -0.3 is 19.4 Å². The topological polar surface area (TPSA) is 88.8 Å². The lowest BCUT2D eigenvalue weighted by Crippen LogP contribution is -2.40. The highest BCUT2D eigenvalue weighted by Gasteiger charge is 2.31. The van der Waals surface area contributed by atoms with E-state index in [1.807, 2.05) is 24.3 Å². The number of rotatable bonds is 6. The summed E-state index contributed by atoms with van der Waals surface area (Å²) in [5.74, 6) is -0.352. The Morgan fingerprint density at radius 1 is 1.22 bits per heavy atom. The molecule has 0 saturated heterocycles. The molecule has 2 amide bonds. The van der Waals surface area contributed by atoms with E-state index < -0.39 is 5.97 Å². The van der Waals surface area contributed by atoms with Gasteiger partial charge in [-0.15, -0.1) is 11.3 Å². The Bertz CT molecular complexity index is 1140. The Morgan fingerprint density at radius 2 is 2.03 bits per heavy atom. The molecule has 0 radical (unpaired) electrons.